The minimum absolute atomic E-state index is 0.0229. The summed E-state index contributed by atoms with van der Waals surface area (Å²) in [5.41, 5.74) is 3.03. The van der Waals surface area contributed by atoms with E-state index >= 15 is 0 Å². The van der Waals surface area contributed by atoms with Crippen molar-refractivity contribution >= 4 is 11.4 Å². The number of hydrogen-bond acceptors (Lipinski definition) is 6. The number of benzene rings is 2. The van der Waals surface area contributed by atoms with Gasteiger partial charge in [-0.3, -0.25) is 10.1 Å². The van der Waals surface area contributed by atoms with Crippen LogP contribution in [0.5, 0.6) is 0 Å². The van der Waals surface area contributed by atoms with E-state index in [9.17, 15) is 10.1 Å². The Bertz CT molecular complexity index is 977. The van der Waals surface area contributed by atoms with Gasteiger partial charge < -0.3 is 9.84 Å². The summed E-state index contributed by atoms with van der Waals surface area (Å²) in [5.74, 6) is 0.728. The van der Waals surface area contributed by atoms with Crippen molar-refractivity contribution in [1.29, 1.82) is 0 Å². The molecule has 138 valence electrons. The SMILES string of the molecule is Cc1cccc(-c2noc(-c3ccc(NC4CCCC4)c([N+](=O)[O-])c3)n2)c1. The van der Waals surface area contributed by atoms with E-state index in [1.165, 1.54) is 6.07 Å². The number of nitro benzene ring substituents is 1. The van der Waals surface area contributed by atoms with Crippen LogP contribution in [-0.4, -0.2) is 21.1 Å². The van der Waals surface area contributed by atoms with Crippen LogP contribution < -0.4 is 5.32 Å². The highest BCUT2D eigenvalue weighted by molar-refractivity contribution is 5.71. The second-order valence-corrected chi connectivity index (χ2v) is 6.91. The van der Waals surface area contributed by atoms with Crippen molar-refractivity contribution in [2.45, 2.75) is 38.6 Å². The van der Waals surface area contributed by atoms with Gasteiger partial charge in [-0.1, -0.05) is 41.8 Å². The van der Waals surface area contributed by atoms with Gasteiger partial charge in [0, 0.05) is 23.2 Å². The molecule has 4 rings (SSSR count). The van der Waals surface area contributed by atoms with E-state index in [1.54, 1.807) is 12.1 Å². The Morgan fingerprint density at radius 3 is 2.70 bits per heavy atom. The number of nitrogens with zero attached hydrogens (tertiary/aromatic N) is 3. The number of aryl methyl sites for hydroxylation is 1. The molecule has 1 saturated carbocycles. The van der Waals surface area contributed by atoms with Crippen LogP contribution in [0.3, 0.4) is 0 Å². The molecule has 1 aromatic heterocycles. The Morgan fingerprint density at radius 2 is 1.96 bits per heavy atom. The van der Waals surface area contributed by atoms with Gasteiger partial charge in [0.25, 0.3) is 11.6 Å². The largest absolute Gasteiger partial charge is 0.377 e. The zero-order chi connectivity index (χ0) is 18.8. The third-order valence-electron chi connectivity index (χ3n) is 4.86. The van der Waals surface area contributed by atoms with E-state index in [2.05, 4.69) is 15.5 Å². The van der Waals surface area contributed by atoms with Crippen molar-refractivity contribution in [1.82, 2.24) is 10.1 Å². The third-order valence-corrected chi connectivity index (χ3v) is 4.86. The Labute approximate surface area is 156 Å². The van der Waals surface area contributed by atoms with E-state index in [0.29, 0.717) is 23.1 Å². The molecule has 0 spiro atoms. The van der Waals surface area contributed by atoms with Crippen molar-refractivity contribution in [2.75, 3.05) is 5.32 Å². The summed E-state index contributed by atoms with van der Waals surface area (Å²) in [6.07, 6.45) is 4.41. The number of rotatable bonds is 5. The van der Waals surface area contributed by atoms with Crippen molar-refractivity contribution in [3.63, 3.8) is 0 Å². The topological polar surface area (TPSA) is 94.1 Å². The molecule has 27 heavy (non-hydrogen) atoms. The summed E-state index contributed by atoms with van der Waals surface area (Å²) in [6.45, 7) is 1.99. The lowest BCUT2D eigenvalue weighted by molar-refractivity contribution is -0.383. The number of hydrogen-bond donors (Lipinski definition) is 1. The number of nitrogens with one attached hydrogen (secondary N) is 1. The van der Waals surface area contributed by atoms with E-state index < -0.39 is 0 Å². The van der Waals surface area contributed by atoms with Gasteiger partial charge in [0.1, 0.15) is 5.69 Å². The van der Waals surface area contributed by atoms with Gasteiger partial charge in [-0.2, -0.15) is 4.98 Å². The van der Waals surface area contributed by atoms with Gasteiger partial charge in [-0.25, -0.2) is 0 Å². The fraction of sp³-hybridized carbons (Fsp3) is 0.300. The normalized spacial score (nSPS) is 14.4. The standard InChI is InChI=1S/C20H20N4O3/c1-13-5-4-6-14(11-13)19-22-20(27-23-19)15-9-10-17(18(12-15)24(25)26)21-16-7-2-3-8-16/h4-6,9-12,16,21H,2-3,7-8H2,1H3. The maximum absolute atomic E-state index is 11.5. The molecular weight excluding hydrogens is 344 g/mol. The van der Waals surface area contributed by atoms with Crippen LogP contribution in [0.1, 0.15) is 31.2 Å². The van der Waals surface area contributed by atoms with Crippen molar-refractivity contribution in [3.05, 3.63) is 58.1 Å². The maximum atomic E-state index is 11.5. The summed E-state index contributed by atoms with van der Waals surface area (Å²) in [4.78, 5) is 15.6. The smallest absolute Gasteiger partial charge is 0.293 e. The van der Waals surface area contributed by atoms with Gasteiger partial charge >= 0.3 is 0 Å². The summed E-state index contributed by atoms with van der Waals surface area (Å²) in [5, 5.41) is 18.9. The quantitative estimate of drug-likeness (QED) is 0.507. The molecule has 0 atom stereocenters. The molecule has 0 amide bonds. The third kappa shape index (κ3) is 3.67. The Morgan fingerprint density at radius 1 is 1.15 bits per heavy atom. The van der Waals surface area contributed by atoms with Crippen LogP contribution in [0.2, 0.25) is 0 Å². The first-order valence-electron chi connectivity index (χ1n) is 9.06. The zero-order valence-electron chi connectivity index (χ0n) is 15.0. The van der Waals surface area contributed by atoms with Crippen molar-refractivity contribution in [2.24, 2.45) is 0 Å². The van der Waals surface area contributed by atoms with Crippen LogP contribution >= 0.6 is 0 Å². The molecule has 1 fully saturated rings. The molecular formula is C20H20N4O3. The second-order valence-electron chi connectivity index (χ2n) is 6.91. The zero-order valence-corrected chi connectivity index (χ0v) is 15.0. The average molecular weight is 364 g/mol. The van der Waals surface area contributed by atoms with E-state index in [0.717, 1.165) is 36.8 Å². The molecule has 7 nitrogen and oxygen atoms in total. The molecule has 0 saturated heterocycles. The van der Waals surface area contributed by atoms with Gasteiger partial charge in [-0.15, -0.1) is 0 Å². The molecule has 0 aliphatic heterocycles. The highest BCUT2D eigenvalue weighted by Crippen LogP contribution is 2.33. The van der Waals surface area contributed by atoms with Crippen LogP contribution in [0.4, 0.5) is 11.4 Å². The molecule has 3 aromatic rings. The molecule has 7 heteroatoms. The Hall–Kier alpha value is -3.22. The molecule has 0 unspecified atom stereocenters. The number of anilines is 1. The van der Waals surface area contributed by atoms with Gasteiger partial charge in [-0.05, 0) is 38.0 Å². The monoisotopic (exact) mass is 364 g/mol. The summed E-state index contributed by atoms with van der Waals surface area (Å²) >= 11 is 0. The lowest BCUT2D eigenvalue weighted by Gasteiger charge is -2.13. The van der Waals surface area contributed by atoms with E-state index in [4.69, 9.17) is 4.52 Å². The van der Waals surface area contributed by atoms with Crippen LogP contribution in [0.25, 0.3) is 22.8 Å². The predicted molar refractivity (Wildman–Crippen MR) is 102 cm³/mol. The highest BCUT2D eigenvalue weighted by Gasteiger charge is 2.22. The number of aromatic nitrogens is 2. The van der Waals surface area contributed by atoms with Gasteiger partial charge in [0.15, 0.2) is 0 Å². The minimum atomic E-state index is -0.376. The minimum Gasteiger partial charge on any atom is -0.377 e. The van der Waals surface area contributed by atoms with Crippen LogP contribution in [0, 0.1) is 17.0 Å². The fourth-order valence-electron chi connectivity index (χ4n) is 3.47. The van der Waals surface area contributed by atoms with Gasteiger partial charge in [0.05, 0.1) is 4.92 Å². The lowest BCUT2D eigenvalue weighted by atomic mass is 10.1. The molecule has 0 radical (unpaired) electrons. The highest BCUT2D eigenvalue weighted by atomic mass is 16.6. The average Bonchev–Trinajstić information content (AvgIpc) is 3.34. The predicted octanol–water partition coefficient (Wildman–Crippen LogP) is 4.97. The van der Waals surface area contributed by atoms with E-state index in [-0.39, 0.29) is 16.5 Å². The fourth-order valence-corrected chi connectivity index (χ4v) is 3.47. The maximum Gasteiger partial charge on any atom is 0.293 e. The van der Waals surface area contributed by atoms with Crippen molar-refractivity contribution in [3.8, 4) is 22.8 Å². The first kappa shape index (κ1) is 17.2. The molecule has 1 aliphatic carbocycles. The summed E-state index contributed by atoms with van der Waals surface area (Å²) in [7, 11) is 0. The first-order chi connectivity index (χ1) is 13.1. The molecule has 1 heterocycles. The first-order valence-corrected chi connectivity index (χ1v) is 9.06. The Kier molecular flexibility index (Phi) is 4.58. The molecule has 1 N–H and O–H groups in total. The molecule has 1 aliphatic rings. The molecule has 2 aromatic carbocycles. The van der Waals surface area contributed by atoms with E-state index in [1.807, 2.05) is 31.2 Å². The molecule has 0 bridgehead atoms. The second kappa shape index (κ2) is 7.19. The van der Waals surface area contributed by atoms with Crippen molar-refractivity contribution < 1.29 is 9.45 Å². The van der Waals surface area contributed by atoms with Crippen LogP contribution in [-0.2, 0) is 0 Å². The van der Waals surface area contributed by atoms with Crippen LogP contribution in [0.15, 0.2) is 47.0 Å². The van der Waals surface area contributed by atoms with Gasteiger partial charge in [0.2, 0.25) is 5.82 Å². The summed E-state index contributed by atoms with van der Waals surface area (Å²) in [6, 6.07) is 13.1. The lowest BCUT2D eigenvalue weighted by Crippen LogP contribution is -2.15. The Balaban J connectivity index is 1.64. The number of nitro groups is 1. The summed E-state index contributed by atoms with van der Waals surface area (Å²) < 4.78 is 5.35.